The van der Waals surface area contributed by atoms with Crippen LogP contribution in [0.4, 0.5) is 0 Å². The fourth-order valence-electron chi connectivity index (χ4n) is 2.55. The van der Waals surface area contributed by atoms with Crippen molar-refractivity contribution in [3.63, 3.8) is 0 Å². The third kappa shape index (κ3) is 2.55. The van der Waals surface area contributed by atoms with Crippen LogP contribution < -0.4 is 0 Å². The Morgan fingerprint density at radius 2 is 2.10 bits per heavy atom. The number of imidazole rings is 1. The van der Waals surface area contributed by atoms with Gasteiger partial charge in [0.2, 0.25) is 0 Å². The summed E-state index contributed by atoms with van der Waals surface area (Å²) < 4.78 is 7.29. The summed E-state index contributed by atoms with van der Waals surface area (Å²) in [7, 11) is 0. The van der Waals surface area contributed by atoms with Crippen molar-refractivity contribution in [3.8, 4) is 0 Å². The number of aryl methyl sites for hydroxylation is 2. The molecule has 2 aromatic rings. The second-order valence-electron chi connectivity index (χ2n) is 4.92. The van der Waals surface area contributed by atoms with Gasteiger partial charge in [-0.2, -0.15) is 0 Å². The van der Waals surface area contributed by atoms with E-state index < -0.39 is 0 Å². The molecule has 1 atom stereocenters. The molecule has 0 spiro atoms. The van der Waals surface area contributed by atoms with Gasteiger partial charge in [-0.05, 0) is 44.9 Å². The van der Waals surface area contributed by atoms with Crippen molar-refractivity contribution in [1.82, 2.24) is 9.55 Å². The van der Waals surface area contributed by atoms with Gasteiger partial charge in [-0.1, -0.05) is 13.0 Å². The van der Waals surface area contributed by atoms with E-state index in [4.69, 9.17) is 4.74 Å². The molecule has 0 amide bonds. The number of carbonyl (C=O) groups is 1. The Labute approximate surface area is 119 Å². The summed E-state index contributed by atoms with van der Waals surface area (Å²) in [5.41, 5.74) is 3.20. The lowest BCUT2D eigenvalue weighted by atomic mass is 10.1. The molecule has 0 saturated heterocycles. The maximum absolute atomic E-state index is 12.1. The lowest BCUT2D eigenvalue weighted by Crippen LogP contribution is -2.19. The van der Waals surface area contributed by atoms with Crippen molar-refractivity contribution in [1.29, 1.82) is 0 Å². The first-order valence-corrected chi connectivity index (χ1v) is 7.25. The number of carbonyl (C=O) groups excluding carboxylic acids is 1. The molecule has 2 rings (SSSR count). The molecule has 0 aliphatic rings. The molecule has 1 aromatic carbocycles. The van der Waals surface area contributed by atoms with Crippen LogP contribution in [0, 0.1) is 6.92 Å². The molecule has 0 bridgehead atoms. The highest BCUT2D eigenvalue weighted by atomic mass is 16.5. The van der Waals surface area contributed by atoms with Crippen molar-refractivity contribution in [3.05, 3.63) is 29.6 Å². The van der Waals surface area contributed by atoms with Gasteiger partial charge in [0, 0.05) is 6.54 Å². The molecular formula is C16H22N2O2. The molecule has 0 fully saturated rings. The molecule has 0 radical (unpaired) electrons. The third-order valence-corrected chi connectivity index (χ3v) is 3.54. The molecule has 108 valence electrons. The maximum atomic E-state index is 12.1. The summed E-state index contributed by atoms with van der Waals surface area (Å²) in [6.07, 6.45) is 0.696. The van der Waals surface area contributed by atoms with Crippen LogP contribution >= 0.6 is 0 Å². The minimum atomic E-state index is -0.289. The van der Waals surface area contributed by atoms with Gasteiger partial charge in [0.15, 0.2) is 0 Å². The summed E-state index contributed by atoms with van der Waals surface area (Å²) in [6, 6.07) is 6.21. The molecule has 0 aliphatic heterocycles. The zero-order chi connectivity index (χ0) is 14.7. The van der Waals surface area contributed by atoms with Gasteiger partial charge >= 0.3 is 5.97 Å². The number of hydrogen-bond acceptors (Lipinski definition) is 3. The van der Waals surface area contributed by atoms with Gasteiger partial charge in [-0.15, -0.1) is 0 Å². The third-order valence-electron chi connectivity index (χ3n) is 3.54. The summed E-state index contributed by atoms with van der Waals surface area (Å²) in [5, 5.41) is 0. The summed E-state index contributed by atoms with van der Waals surface area (Å²) in [4.78, 5) is 16.8. The predicted molar refractivity (Wildman–Crippen MR) is 79.8 cm³/mol. The highest BCUT2D eigenvalue weighted by Gasteiger charge is 2.26. The zero-order valence-electron chi connectivity index (χ0n) is 12.6. The van der Waals surface area contributed by atoms with Crippen LogP contribution in [0.15, 0.2) is 18.2 Å². The molecule has 1 aromatic heterocycles. The maximum Gasteiger partial charge on any atom is 0.316 e. The Morgan fingerprint density at radius 3 is 2.70 bits per heavy atom. The van der Waals surface area contributed by atoms with E-state index in [1.807, 2.05) is 20.8 Å². The van der Waals surface area contributed by atoms with Gasteiger partial charge in [0.05, 0.1) is 17.6 Å². The topological polar surface area (TPSA) is 44.1 Å². The predicted octanol–water partition coefficient (Wildman–Crippen LogP) is 3.42. The molecule has 0 aliphatic carbocycles. The molecule has 1 heterocycles. The Balaban J connectivity index is 2.54. The van der Waals surface area contributed by atoms with Crippen molar-refractivity contribution in [2.24, 2.45) is 0 Å². The Bertz CT molecular complexity index is 616. The lowest BCUT2D eigenvalue weighted by molar-refractivity contribution is -0.145. The fourth-order valence-corrected chi connectivity index (χ4v) is 2.55. The number of rotatable bonds is 5. The fraction of sp³-hybridized carbons (Fsp3) is 0.500. The van der Waals surface area contributed by atoms with Crippen LogP contribution in [0.25, 0.3) is 11.0 Å². The van der Waals surface area contributed by atoms with E-state index in [1.54, 1.807) is 0 Å². The van der Waals surface area contributed by atoms with Crippen LogP contribution in [0.3, 0.4) is 0 Å². The van der Waals surface area contributed by atoms with Crippen molar-refractivity contribution < 1.29 is 9.53 Å². The molecular weight excluding hydrogens is 252 g/mol. The number of nitrogens with zero attached hydrogens (tertiary/aromatic N) is 2. The quantitative estimate of drug-likeness (QED) is 0.785. The zero-order valence-corrected chi connectivity index (χ0v) is 12.6. The van der Waals surface area contributed by atoms with Gasteiger partial charge < -0.3 is 9.30 Å². The summed E-state index contributed by atoms with van der Waals surface area (Å²) in [5.74, 6) is 0.341. The molecule has 0 saturated carbocycles. The SMILES string of the molecule is CCOC(=O)C(CC)c1nc2cc(C)ccc2n1CC. The highest BCUT2D eigenvalue weighted by Crippen LogP contribution is 2.26. The van der Waals surface area contributed by atoms with Crippen molar-refractivity contribution >= 4 is 17.0 Å². The van der Waals surface area contributed by atoms with Gasteiger partial charge in [0.25, 0.3) is 0 Å². The Morgan fingerprint density at radius 1 is 1.35 bits per heavy atom. The average molecular weight is 274 g/mol. The number of aromatic nitrogens is 2. The van der Waals surface area contributed by atoms with Crippen LogP contribution in [-0.2, 0) is 16.1 Å². The van der Waals surface area contributed by atoms with E-state index in [1.165, 1.54) is 5.56 Å². The second-order valence-corrected chi connectivity index (χ2v) is 4.92. The van der Waals surface area contributed by atoms with E-state index in [9.17, 15) is 4.79 Å². The van der Waals surface area contributed by atoms with Crippen LogP contribution in [0.2, 0.25) is 0 Å². The van der Waals surface area contributed by atoms with E-state index in [0.717, 1.165) is 23.4 Å². The van der Waals surface area contributed by atoms with Crippen molar-refractivity contribution in [2.75, 3.05) is 6.61 Å². The van der Waals surface area contributed by atoms with E-state index in [2.05, 4.69) is 34.7 Å². The van der Waals surface area contributed by atoms with Gasteiger partial charge in [0.1, 0.15) is 11.7 Å². The number of hydrogen-bond donors (Lipinski definition) is 0. The highest BCUT2D eigenvalue weighted by molar-refractivity contribution is 5.81. The van der Waals surface area contributed by atoms with E-state index in [-0.39, 0.29) is 11.9 Å². The number of fused-ring (bicyclic) bond motifs is 1. The first-order chi connectivity index (χ1) is 9.62. The molecule has 1 unspecified atom stereocenters. The number of esters is 1. The summed E-state index contributed by atoms with van der Waals surface area (Å²) in [6.45, 7) is 9.14. The van der Waals surface area contributed by atoms with Crippen LogP contribution in [0.5, 0.6) is 0 Å². The Hall–Kier alpha value is -1.84. The van der Waals surface area contributed by atoms with Gasteiger partial charge in [-0.3, -0.25) is 4.79 Å². The van der Waals surface area contributed by atoms with E-state index >= 15 is 0 Å². The normalized spacial score (nSPS) is 12.6. The summed E-state index contributed by atoms with van der Waals surface area (Å²) >= 11 is 0. The molecule has 4 nitrogen and oxygen atoms in total. The first-order valence-electron chi connectivity index (χ1n) is 7.25. The minimum Gasteiger partial charge on any atom is -0.465 e. The monoisotopic (exact) mass is 274 g/mol. The second kappa shape index (κ2) is 6.07. The largest absolute Gasteiger partial charge is 0.465 e. The smallest absolute Gasteiger partial charge is 0.316 e. The first kappa shape index (κ1) is 14.6. The molecule has 20 heavy (non-hydrogen) atoms. The molecule has 4 heteroatoms. The van der Waals surface area contributed by atoms with Gasteiger partial charge in [-0.25, -0.2) is 4.98 Å². The molecule has 0 N–H and O–H groups in total. The van der Waals surface area contributed by atoms with E-state index in [0.29, 0.717) is 13.0 Å². The minimum absolute atomic E-state index is 0.184. The number of benzene rings is 1. The standard InChI is InChI=1S/C16H22N2O2/c1-5-12(16(19)20-7-3)15-17-13-10-11(4)8-9-14(13)18(15)6-2/h8-10,12H,5-7H2,1-4H3. The average Bonchev–Trinajstić information content (AvgIpc) is 2.77. The number of ether oxygens (including phenoxy) is 1. The van der Waals surface area contributed by atoms with Crippen LogP contribution in [0.1, 0.15) is 44.5 Å². The van der Waals surface area contributed by atoms with Crippen LogP contribution in [-0.4, -0.2) is 22.1 Å². The Kier molecular flexibility index (Phi) is 4.42. The lowest BCUT2D eigenvalue weighted by Gasteiger charge is -2.14. The van der Waals surface area contributed by atoms with Crippen molar-refractivity contribution in [2.45, 2.75) is 46.6 Å².